The van der Waals surface area contributed by atoms with Crippen LogP contribution < -0.4 is 11.2 Å². The van der Waals surface area contributed by atoms with Gasteiger partial charge in [-0.2, -0.15) is 0 Å². The van der Waals surface area contributed by atoms with Crippen molar-refractivity contribution < 1.29 is 9.53 Å². The molecular formula is C10H14N4O2. The van der Waals surface area contributed by atoms with E-state index in [1.54, 1.807) is 18.2 Å². The first-order chi connectivity index (χ1) is 7.75. The second-order valence-electron chi connectivity index (χ2n) is 3.49. The number of hydrazine groups is 1. The van der Waals surface area contributed by atoms with Crippen molar-refractivity contribution in [3.63, 3.8) is 0 Å². The van der Waals surface area contributed by atoms with Crippen molar-refractivity contribution in [2.45, 2.75) is 0 Å². The van der Waals surface area contributed by atoms with Crippen LogP contribution in [-0.2, 0) is 4.74 Å². The molecule has 2 rings (SSSR count). The molecule has 0 bridgehead atoms. The number of hydrogen-bond acceptors (Lipinski definition) is 5. The van der Waals surface area contributed by atoms with Crippen LogP contribution in [0.15, 0.2) is 18.2 Å². The molecular weight excluding hydrogens is 208 g/mol. The maximum atomic E-state index is 11.8. The van der Waals surface area contributed by atoms with Gasteiger partial charge in [0.2, 0.25) is 0 Å². The van der Waals surface area contributed by atoms with Gasteiger partial charge < -0.3 is 10.5 Å². The van der Waals surface area contributed by atoms with E-state index in [0.717, 1.165) is 0 Å². The standard InChI is InChI=1S/C10H14N4O2/c11-9-3-1-2-8(12-9)10(15)13-14-4-6-16-7-5-14/h1-3H,4-7H2,(H2,11,12)(H,13,15). The summed E-state index contributed by atoms with van der Waals surface area (Å²) in [5.74, 6) is 0.101. The monoisotopic (exact) mass is 222 g/mol. The minimum Gasteiger partial charge on any atom is -0.384 e. The van der Waals surface area contributed by atoms with Crippen LogP contribution in [0.1, 0.15) is 10.5 Å². The number of nitrogens with one attached hydrogen (secondary N) is 1. The fourth-order valence-corrected chi connectivity index (χ4v) is 1.45. The smallest absolute Gasteiger partial charge is 0.284 e. The molecule has 0 radical (unpaired) electrons. The maximum absolute atomic E-state index is 11.8. The molecule has 0 unspecified atom stereocenters. The number of morpholine rings is 1. The molecule has 1 aliphatic rings. The Kier molecular flexibility index (Phi) is 3.33. The topological polar surface area (TPSA) is 80.5 Å². The number of nitrogens with zero attached hydrogens (tertiary/aromatic N) is 2. The van der Waals surface area contributed by atoms with Gasteiger partial charge in [0.15, 0.2) is 0 Å². The zero-order valence-electron chi connectivity index (χ0n) is 8.85. The van der Waals surface area contributed by atoms with Crippen molar-refractivity contribution in [3.05, 3.63) is 23.9 Å². The molecule has 0 aromatic carbocycles. The number of aromatic nitrogens is 1. The molecule has 0 saturated carbocycles. The van der Waals surface area contributed by atoms with Crippen molar-refractivity contribution in [1.29, 1.82) is 0 Å². The van der Waals surface area contributed by atoms with Crippen LogP contribution in [0, 0.1) is 0 Å². The molecule has 1 aliphatic heterocycles. The molecule has 6 heteroatoms. The number of amides is 1. The van der Waals surface area contributed by atoms with Gasteiger partial charge in [0.25, 0.3) is 5.91 Å². The first-order valence-electron chi connectivity index (χ1n) is 5.12. The van der Waals surface area contributed by atoms with Gasteiger partial charge in [-0.3, -0.25) is 10.2 Å². The van der Waals surface area contributed by atoms with E-state index in [-0.39, 0.29) is 5.91 Å². The predicted octanol–water partition coefficient (Wildman–Crippen LogP) is -0.359. The average Bonchev–Trinajstić information content (AvgIpc) is 2.30. The van der Waals surface area contributed by atoms with Crippen LogP contribution in [0.3, 0.4) is 0 Å². The highest BCUT2D eigenvalue weighted by Crippen LogP contribution is 2.01. The van der Waals surface area contributed by atoms with Crippen LogP contribution in [0.4, 0.5) is 5.82 Å². The minimum absolute atomic E-state index is 0.241. The van der Waals surface area contributed by atoms with Gasteiger partial charge in [-0.05, 0) is 12.1 Å². The summed E-state index contributed by atoms with van der Waals surface area (Å²) < 4.78 is 5.18. The number of nitrogens with two attached hydrogens (primary N) is 1. The molecule has 86 valence electrons. The second kappa shape index (κ2) is 4.91. The highest BCUT2D eigenvalue weighted by Gasteiger charge is 2.14. The quantitative estimate of drug-likeness (QED) is 0.714. The van der Waals surface area contributed by atoms with E-state index in [2.05, 4.69) is 10.4 Å². The van der Waals surface area contributed by atoms with Crippen LogP contribution in [0.5, 0.6) is 0 Å². The number of ether oxygens (including phenoxy) is 1. The van der Waals surface area contributed by atoms with Gasteiger partial charge in [0.05, 0.1) is 13.2 Å². The third-order valence-corrected chi connectivity index (χ3v) is 2.27. The fourth-order valence-electron chi connectivity index (χ4n) is 1.45. The SMILES string of the molecule is Nc1cccc(C(=O)NN2CCOCC2)n1. The minimum atomic E-state index is -0.241. The number of carbonyl (C=O) groups excluding carboxylic acids is 1. The summed E-state index contributed by atoms with van der Waals surface area (Å²) >= 11 is 0. The summed E-state index contributed by atoms with van der Waals surface area (Å²) in [7, 11) is 0. The van der Waals surface area contributed by atoms with E-state index in [9.17, 15) is 4.79 Å². The lowest BCUT2D eigenvalue weighted by Gasteiger charge is -2.26. The fraction of sp³-hybridized carbons (Fsp3) is 0.400. The van der Waals surface area contributed by atoms with Gasteiger partial charge in [-0.15, -0.1) is 0 Å². The summed E-state index contributed by atoms with van der Waals surface area (Å²) in [6, 6.07) is 4.98. The van der Waals surface area contributed by atoms with Crippen LogP contribution in [0.2, 0.25) is 0 Å². The third kappa shape index (κ3) is 2.68. The Morgan fingerprint density at radius 3 is 2.88 bits per heavy atom. The van der Waals surface area contributed by atoms with Crippen molar-refractivity contribution in [3.8, 4) is 0 Å². The Bertz CT molecular complexity index is 377. The van der Waals surface area contributed by atoms with Crippen LogP contribution in [-0.4, -0.2) is 42.2 Å². The molecule has 1 amide bonds. The molecule has 0 spiro atoms. The molecule has 1 aromatic rings. The molecule has 0 aliphatic carbocycles. The van der Waals surface area contributed by atoms with Gasteiger partial charge in [0.1, 0.15) is 11.5 Å². The Morgan fingerprint density at radius 1 is 1.44 bits per heavy atom. The van der Waals surface area contributed by atoms with E-state index < -0.39 is 0 Å². The Labute approximate surface area is 93.4 Å². The zero-order valence-corrected chi connectivity index (χ0v) is 8.85. The van der Waals surface area contributed by atoms with Crippen molar-refractivity contribution in [2.24, 2.45) is 0 Å². The summed E-state index contributed by atoms with van der Waals surface area (Å²) in [5.41, 5.74) is 8.59. The number of anilines is 1. The number of rotatable bonds is 2. The van der Waals surface area contributed by atoms with Crippen LogP contribution in [0.25, 0.3) is 0 Å². The summed E-state index contributed by atoms with van der Waals surface area (Å²) in [4.78, 5) is 15.7. The van der Waals surface area contributed by atoms with Crippen molar-refractivity contribution in [1.82, 2.24) is 15.4 Å². The van der Waals surface area contributed by atoms with Gasteiger partial charge in [-0.1, -0.05) is 6.07 Å². The Balaban J connectivity index is 1.97. The second-order valence-corrected chi connectivity index (χ2v) is 3.49. The summed E-state index contributed by atoms with van der Waals surface area (Å²) in [5, 5.41) is 1.82. The van der Waals surface area contributed by atoms with Crippen molar-refractivity contribution >= 4 is 11.7 Å². The number of pyridine rings is 1. The van der Waals surface area contributed by atoms with E-state index in [4.69, 9.17) is 10.5 Å². The predicted molar refractivity (Wildman–Crippen MR) is 58.5 cm³/mol. The van der Waals surface area contributed by atoms with Gasteiger partial charge in [0, 0.05) is 13.1 Å². The molecule has 3 N–H and O–H groups in total. The van der Waals surface area contributed by atoms with Crippen molar-refractivity contribution in [2.75, 3.05) is 32.0 Å². The van der Waals surface area contributed by atoms with E-state index in [1.807, 2.05) is 5.01 Å². The first kappa shape index (κ1) is 10.8. The number of carbonyl (C=O) groups is 1. The molecule has 1 aromatic heterocycles. The third-order valence-electron chi connectivity index (χ3n) is 2.27. The lowest BCUT2D eigenvalue weighted by atomic mass is 10.3. The number of hydrogen-bond donors (Lipinski definition) is 2. The summed E-state index contributed by atoms with van der Waals surface area (Å²) in [6.45, 7) is 2.64. The highest BCUT2D eigenvalue weighted by molar-refractivity contribution is 5.92. The van der Waals surface area contributed by atoms with E-state index in [1.165, 1.54) is 0 Å². The molecule has 2 heterocycles. The first-order valence-corrected chi connectivity index (χ1v) is 5.12. The lowest BCUT2D eigenvalue weighted by molar-refractivity contribution is 0.0124. The van der Waals surface area contributed by atoms with E-state index in [0.29, 0.717) is 37.8 Å². The molecule has 1 fully saturated rings. The van der Waals surface area contributed by atoms with Crippen LogP contribution >= 0.6 is 0 Å². The summed E-state index contributed by atoms with van der Waals surface area (Å²) in [6.07, 6.45) is 0. The average molecular weight is 222 g/mol. The van der Waals surface area contributed by atoms with Gasteiger partial charge >= 0.3 is 0 Å². The van der Waals surface area contributed by atoms with Gasteiger partial charge in [-0.25, -0.2) is 9.99 Å². The lowest BCUT2D eigenvalue weighted by Crippen LogP contribution is -2.48. The molecule has 16 heavy (non-hydrogen) atoms. The maximum Gasteiger partial charge on any atom is 0.284 e. The normalized spacial score (nSPS) is 17.0. The Morgan fingerprint density at radius 2 is 2.19 bits per heavy atom. The molecule has 0 atom stereocenters. The highest BCUT2D eigenvalue weighted by atomic mass is 16.5. The molecule has 1 saturated heterocycles. The number of nitrogen functional groups attached to an aromatic ring is 1. The Hall–Kier alpha value is -1.66. The zero-order chi connectivity index (χ0) is 11.4. The molecule has 6 nitrogen and oxygen atoms in total. The van der Waals surface area contributed by atoms with E-state index >= 15 is 0 Å². The largest absolute Gasteiger partial charge is 0.384 e.